The molecule has 7 nitrogen and oxygen atoms in total. The minimum atomic E-state index is -0.341. The van der Waals surface area contributed by atoms with Gasteiger partial charge in [0.15, 0.2) is 5.82 Å². The van der Waals surface area contributed by atoms with Gasteiger partial charge in [0, 0.05) is 20.0 Å². The van der Waals surface area contributed by atoms with E-state index in [1.807, 2.05) is 0 Å². The molecule has 2 saturated heterocycles. The molecule has 1 aromatic heterocycles. The smallest absolute Gasteiger partial charge is 0.410 e. The summed E-state index contributed by atoms with van der Waals surface area (Å²) in [5.74, 6) is 0.0934. The summed E-state index contributed by atoms with van der Waals surface area (Å²) in [6.45, 7) is 1.04. The molecular formula is C19H21FN4O3. The van der Waals surface area contributed by atoms with Crippen molar-refractivity contribution in [2.45, 2.75) is 25.3 Å². The molecular weight excluding hydrogens is 351 g/mol. The van der Waals surface area contributed by atoms with Gasteiger partial charge in [0.05, 0.1) is 24.1 Å². The van der Waals surface area contributed by atoms with E-state index in [1.165, 1.54) is 24.5 Å². The van der Waals surface area contributed by atoms with Crippen LogP contribution in [-0.2, 0) is 9.53 Å². The number of hydrogen-bond donors (Lipinski definition) is 1. The van der Waals surface area contributed by atoms with Crippen molar-refractivity contribution in [2.24, 2.45) is 5.92 Å². The molecule has 27 heavy (non-hydrogen) atoms. The van der Waals surface area contributed by atoms with Crippen LogP contribution in [0.3, 0.4) is 0 Å². The molecule has 0 saturated carbocycles. The first kappa shape index (κ1) is 17.4. The summed E-state index contributed by atoms with van der Waals surface area (Å²) in [4.78, 5) is 34.0. The van der Waals surface area contributed by atoms with Gasteiger partial charge in [0.2, 0.25) is 5.91 Å². The van der Waals surface area contributed by atoms with E-state index in [-0.39, 0.29) is 31.2 Å². The number of amides is 2. The Labute approximate surface area is 157 Å². The summed E-state index contributed by atoms with van der Waals surface area (Å²) < 4.78 is 18.3. The van der Waals surface area contributed by atoms with Gasteiger partial charge in [0.25, 0.3) is 0 Å². The van der Waals surface area contributed by atoms with E-state index in [0.717, 1.165) is 12.8 Å². The molecule has 8 heteroatoms. The first-order valence-corrected chi connectivity index (χ1v) is 8.90. The number of piperidine rings is 1. The SMILES string of the molecule is O=C(CC1CCN2C(=O)OCC2C1)Nc1cnc(-c2cccc(F)c2)cn1.[HH]. The van der Waals surface area contributed by atoms with Gasteiger partial charge in [-0.25, -0.2) is 14.2 Å². The Kier molecular flexibility index (Phi) is 4.70. The number of anilines is 1. The van der Waals surface area contributed by atoms with Crippen molar-refractivity contribution in [1.29, 1.82) is 0 Å². The Hall–Kier alpha value is -3.03. The molecule has 0 radical (unpaired) electrons. The average Bonchev–Trinajstić information content (AvgIpc) is 3.02. The number of aromatic nitrogens is 2. The van der Waals surface area contributed by atoms with E-state index >= 15 is 0 Å². The Balaban J connectivity index is 0.00000225. The van der Waals surface area contributed by atoms with Gasteiger partial charge in [0.1, 0.15) is 12.4 Å². The highest BCUT2D eigenvalue weighted by atomic mass is 19.1. The van der Waals surface area contributed by atoms with Gasteiger partial charge in [-0.3, -0.25) is 9.78 Å². The minimum Gasteiger partial charge on any atom is -0.447 e. The number of carbonyl (C=O) groups excluding carboxylic acids is 2. The van der Waals surface area contributed by atoms with Crippen LogP contribution in [0.2, 0.25) is 0 Å². The van der Waals surface area contributed by atoms with Gasteiger partial charge >= 0.3 is 6.09 Å². The molecule has 2 amide bonds. The number of cyclic esters (lactones) is 1. The van der Waals surface area contributed by atoms with E-state index in [4.69, 9.17) is 4.74 Å². The lowest BCUT2D eigenvalue weighted by Crippen LogP contribution is -2.41. The predicted octanol–water partition coefficient (Wildman–Crippen LogP) is 3.09. The maximum atomic E-state index is 13.3. The maximum Gasteiger partial charge on any atom is 0.410 e. The number of ether oxygens (including phenoxy) is 1. The molecule has 0 aliphatic carbocycles. The summed E-state index contributed by atoms with van der Waals surface area (Å²) in [7, 11) is 0. The Morgan fingerprint density at radius 3 is 3.04 bits per heavy atom. The monoisotopic (exact) mass is 372 g/mol. The van der Waals surface area contributed by atoms with Crippen molar-refractivity contribution in [2.75, 3.05) is 18.5 Å². The highest BCUT2D eigenvalue weighted by Gasteiger charge is 2.38. The molecule has 0 spiro atoms. The number of carbonyl (C=O) groups is 2. The highest BCUT2D eigenvalue weighted by molar-refractivity contribution is 5.89. The van der Waals surface area contributed by atoms with Crippen LogP contribution in [0, 0.1) is 11.7 Å². The Bertz CT molecular complexity index is 865. The number of fused-ring (bicyclic) bond motifs is 1. The first-order chi connectivity index (χ1) is 13.1. The first-order valence-electron chi connectivity index (χ1n) is 8.90. The number of nitrogens with zero attached hydrogens (tertiary/aromatic N) is 3. The molecule has 1 N–H and O–H groups in total. The molecule has 2 fully saturated rings. The summed E-state index contributed by atoms with van der Waals surface area (Å²) in [6.07, 6.45) is 4.63. The lowest BCUT2D eigenvalue weighted by Gasteiger charge is -2.31. The van der Waals surface area contributed by atoms with Gasteiger partial charge in [-0.15, -0.1) is 0 Å². The van der Waals surface area contributed by atoms with Crippen LogP contribution >= 0.6 is 0 Å². The lowest BCUT2D eigenvalue weighted by molar-refractivity contribution is -0.117. The van der Waals surface area contributed by atoms with E-state index < -0.39 is 0 Å². The number of halogens is 1. The fourth-order valence-electron chi connectivity index (χ4n) is 3.61. The normalized spacial score (nSPS) is 21.5. The molecule has 2 aliphatic rings. The van der Waals surface area contributed by atoms with Crippen molar-refractivity contribution < 1.29 is 20.1 Å². The molecule has 3 heterocycles. The fourth-order valence-corrected chi connectivity index (χ4v) is 3.61. The number of rotatable bonds is 4. The summed E-state index contributed by atoms with van der Waals surface area (Å²) in [6, 6.07) is 6.18. The molecule has 2 aromatic rings. The summed E-state index contributed by atoms with van der Waals surface area (Å²) in [5, 5.41) is 2.75. The zero-order chi connectivity index (χ0) is 18.8. The van der Waals surface area contributed by atoms with Gasteiger partial charge in [-0.2, -0.15) is 0 Å². The van der Waals surface area contributed by atoms with Crippen LogP contribution in [0.15, 0.2) is 36.7 Å². The Morgan fingerprint density at radius 1 is 1.37 bits per heavy atom. The third kappa shape index (κ3) is 3.89. The van der Waals surface area contributed by atoms with E-state index in [0.29, 0.717) is 36.6 Å². The molecule has 2 aliphatic heterocycles. The number of hydrogen-bond acceptors (Lipinski definition) is 5. The largest absolute Gasteiger partial charge is 0.447 e. The molecule has 2 atom stereocenters. The van der Waals surface area contributed by atoms with Gasteiger partial charge in [-0.05, 0) is 30.9 Å². The van der Waals surface area contributed by atoms with E-state index in [9.17, 15) is 14.0 Å². The van der Waals surface area contributed by atoms with Crippen molar-refractivity contribution in [1.82, 2.24) is 14.9 Å². The van der Waals surface area contributed by atoms with Crippen LogP contribution in [0.4, 0.5) is 15.0 Å². The summed E-state index contributed by atoms with van der Waals surface area (Å²) >= 11 is 0. The molecule has 1 aromatic carbocycles. The number of nitrogens with one attached hydrogen (secondary N) is 1. The molecule has 4 rings (SSSR count). The second-order valence-corrected chi connectivity index (χ2v) is 6.86. The van der Waals surface area contributed by atoms with Crippen LogP contribution in [0.25, 0.3) is 11.3 Å². The van der Waals surface area contributed by atoms with E-state index in [1.54, 1.807) is 17.0 Å². The third-order valence-electron chi connectivity index (χ3n) is 4.97. The van der Waals surface area contributed by atoms with Gasteiger partial charge < -0.3 is 15.0 Å². The predicted molar refractivity (Wildman–Crippen MR) is 97.4 cm³/mol. The second-order valence-electron chi connectivity index (χ2n) is 6.86. The van der Waals surface area contributed by atoms with Crippen LogP contribution in [0.5, 0.6) is 0 Å². The van der Waals surface area contributed by atoms with Crippen LogP contribution in [0.1, 0.15) is 20.7 Å². The Morgan fingerprint density at radius 2 is 2.26 bits per heavy atom. The van der Waals surface area contributed by atoms with Crippen molar-refractivity contribution in [3.05, 3.63) is 42.5 Å². The maximum absolute atomic E-state index is 13.3. The third-order valence-corrected chi connectivity index (χ3v) is 4.97. The zero-order valence-corrected chi connectivity index (χ0v) is 14.6. The van der Waals surface area contributed by atoms with Gasteiger partial charge in [-0.1, -0.05) is 12.1 Å². The molecule has 0 bridgehead atoms. The second kappa shape index (κ2) is 7.30. The standard InChI is InChI=1S/C19H19FN4O3.H2/c20-14-3-1-2-13(8-14)16-9-22-17(10-21-16)23-18(25)7-12-4-5-24-15(6-12)11-27-19(24)26;/h1-3,8-10,12,15H,4-7,11H2,(H,22,23,25);1H. The lowest BCUT2D eigenvalue weighted by atomic mass is 9.89. The van der Waals surface area contributed by atoms with E-state index in [2.05, 4.69) is 15.3 Å². The number of benzene rings is 1. The minimum absolute atomic E-state index is 0. The van der Waals surface area contributed by atoms with Crippen molar-refractivity contribution in [3.63, 3.8) is 0 Å². The zero-order valence-electron chi connectivity index (χ0n) is 14.6. The van der Waals surface area contributed by atoms with Crippen LogP contribution < -0.4 is 5.32 Å². The van der Waals surface area contributed by atoms with Crippen molar-refractivity contribution in [3.8, 4) is 11.3 Å². The summed E-state index contributed by atoms with van der Waals surface area (Å²) in [5.41, 5.74) is 1.16. The average molecular weight is 372 g/mol. The molecule has 2 unspecified atom stereocenters. The topological polar surface area (TPSA) is 84.4 Å². The van der Waals surface area contributed by atoms with Crippen LogP contribution in [-0.4, -0.2) is 46.1 Å². The molecule has 142 valence electrons. The fraction of sp³-hybridized carbons (Fsp3) is 0.368. The quantitative estimate of drug-likeness (QED) is 0.892. The highest BCUT2D eigenvalue weighted by Crippen LogP contribution is 2.29. The van der Waals surface area contributed by atoms with Crippen molar-refractivity contribution >= 4 is 17.8 Å².